The Morgan fingerprint density at radius 2 is 1.86 bits per heavy atom. The van der Waals surface area contributed by atoms with Crippen molar-refractivity contribution in [3.63, 3.8) is 0 Å². The third-order valence-electron chi connectivity index (χ3n) is 9.23. The molecule has 242 valence electrons. The van der Waals surface area contributed by atoms with Gasteiger partial charge in [0.05, 0.1) is 43.5 Å². The van der Waals surface area contributed by atoms with Crippen LogP contribution in [0.3, 0.4) is 0 Å². The first kappa shape index (κ1) is 33.4. The molecular weight excluding hydrogens is 556 g/mol. The molecule has 9 atom stereocenters. The highest BCUT2D eigenvalue weighted by atomic mass is 16.6. The van der Waals surface area contributed by atoms with Crippen LogP contribution >= 0.6 is 0 Å². The number of epoxide rings is 1. The summed E-state index contributed by atoms with van der Waals surface area (Å²) in [6, 6.07) is -0.125. The Morgan fingerprint density at radius 3 is 2.53 bits per heavy atom. The van der Waals surface area contributed by atoms with Crippen molar-refractivity contribution in [1.82, 2.24) is 10.2 Å². The van der Waals surface area contributed by atoms with Crippen LogP contribution in [0.2, 0.25) is 0 Å². The molecule has 4 heterocycles. The Morgan fingerprint density at radius 1 is 1.14 bits per heavy atom. The van der Waals surface area contributed by atoms with Gasteiger partial charge >= 0.3 is 12.1 Å². The fourth-order valence-electron chi connectivity index (χ4n) is 6.44. The number of likely N-dealkylation sites (tertiary alicyclic amines) is 1. The van der Waals surface area contributed by atoms with Crippen LogP contribution in [0.4, 0.5) is 4.79 Å². The lowest BCUT2D eigenvalue weighted by Gasteiger charge is -2.39. The quantitative estimate of drug-likeness (QED) is 0.182. The second kappa shape index (κ2) is 15.0. The molecule has 4 fully saturated rings. The number of carbonyl (C=O) groups is 3. The zero-order valence-electron chi connectivity index (χ0n) is 26.0. The summed E-state index contributed by atoms with van der Waals surface area (Å²) in [7, 11) is 0. The Balaban J connectivity index is 1.18. The highest BCUT2D eigenvalue weighted by Crippen LogP contribution is 2.44. The minimum atomic E-state index is -0.915. The molecule has 4 aliphatic heterocycles. The van der Waals surface area contributed by atoms with Gasteiger partial charge in [-0.15, -0.1) is 0 Å². The molecule has 2 amide bonds. The van der Waals surface area contributed by atoms with E-state index in [0.29, 0.717) is 25.9 Å². The van der Waals surface area contributed by atoms with Crippen LogP contribution in [0.1, 0.15) is 85.5 Å². The topological polar surface area (TPSA) is 147 Å². The molecule has 1 spiro atoms. The molecule has 11 heteroatoms. The maximum absolute atomic E-state index is 12.6. The van der Waals surface area contributed by atoms with Gasteiger partial charge in [-0.25, -0.2) is 4.79 Å². The minimum absolute atomic E-state index is 0.0162. The van der Waals surface area contributed by atoms with E-state index in [1.165, 1.54) is 6.08 Å². The summed E-state index contributed by atoms with van der Waals surface area (Å²) in [4.78, 5) is 37.8. The van der Waals surface area contributed by atoms with E-state index in [9.17, 15) is 24.6 Å². The molecule has 43 heavy (non-hydrogen) atoms. The average Bonchev–Trinajstić information content (AvgIpc) is 3.74. The van der Waals surface area contributed by atoms with Crippen LogP contribution in [0.25, 0.3) is 0 Å². The number of carbonyl (C=O) groups excluding carboxylic acids is 2. The molecule has 0 aromatic carbocycles. The Hall–Kier alpha value is -2.47. The SMILES string of the molecule is C/C(=C\C[C@@H]1O[C@H](C)[C@H](NC(=O)/C=C\[C@H](C)OC(=O)N2CCCCC2)C[C@@H]1C)CC[C@H]1O[C@H](CC(=O)O)C[C@@]2(CO2)C1O. The number of nitrogens with one attached hydrogen (secondary N) is 1. The number of aliphatic carboxylic acids is 1. The number of nitrogens with zero attached hydrogens (tertiary/aromatic N) is 1. The van der Waals surface area contributed by atoms with Gasteiger partial charge in [0.1, 0.15) is 17.8 Å². The van der Waals surface area contributed by atoms with Gasteiger partial charge in [-0.05, 0) is 77.7 Å². The van der Waals surface area contributed by atoms with E-state index in [-0.39, 0.29) is 42.6 Å². The molecule has 0 radical (unpaired) electrons. The van der Waals surface area contributed by atoms with Crippen LogP contribution in [0.5, 0.6) is 0 Å². The lowest BCUT2D eigenvalue weighted by molar-refractivity contribution is -0.166. The summed E-state index contributed by atoms with van der Waals surface area (Å²) in [6.45, 7) is 9.77. The molecule has 0 bridgehead atoms. The van der Waals surface area contributed by atoms with E-state index in [0.717, 1.165) is 50.8 Å². The number of piperidine rings is 1. The standard InChI is InChI=1S/C32H50N2O9/c1-20(9-12-27-30(38)32(19-40-32)18-24(43-27)17-29(36)37)8-11-26-21(2)16-25(23(4)42-26)33-28(35)13-10-22(3)41-31(39)34-14-6-5-7-15-34/h8,10,13,21-27,30,38H,5-7,9,11-12,14-19H2,1-4H3,(H,33,35)(H,36,37)/b13-10-,20-8+/t21-,22-,23+,24+,25+,26-,27+,30?,32+/m0/s1. The number of amides is 2. The summed E-state index contributed by atoms with van der Waals surface area (Å²) in [6.07, 6.45) is 8.80. The van der Waals surface area contributed by atoms with Crippen LogP contribution in [0.15, 0.2) is 23.8 Å². The van der Waals surface area contributed by atoms with Gasteiger partial charge in [0.15, 0.2) is 0 Å². The molecule has 0 aromatic heterocycles. The number of rotatable bonds is 11. The highest BCUT2D eigenvalue weighted by molar-refractivity contribution is 5.87. The van der Waals surface area contributed by atoms with E-state index in [4.69, 9.17) is 18.9 Å². The average molecular weight is 607 g/mol. The molecule has 4 saturated heterocycles. The van der Waals surface area contributed by atoms with E-state index >= 15 is 0 Å². The fraction of sp³-hybridized carbons (Fsp3) is 0.781. The first-order chi connectivity index (χ1) is 20.5. The van der Waals surface area contributed by atoms with Gasteiger partial charge in [-0.3, -0.25) is 9.59 Å². The zero-order valence-corrected chi connectivity index (χ0v) is 26.0. The maximum atomic E-state index is 12.6. The number of carboxylic acids is 1. The molecule has 4 rings (SSSR count). The first-order valence-electron chi connectivity index (χ1n) is 15.9. The lowest BCUT2D eigenvalue weighted by atomic mass is 9.85. The van der Waals surface area contributed by atoms with Crippen molar-refractivity contribution in [3.8, 4) is 0 Å². The Labute approximate surface area is 254 Å². The smallest absolute Gasteiger partial charge is 0.410 e. The molecule has 0 saturated carbocycles. The van der Waals surface area contributed by atoms with Crippen molar-refractivity contribution in [2.45, 2.75) is 134 Å². The molecule has 0 aliphatic carbocycles. The third kappa shape index (κ3) is 9.51. The predicted molar refractivity (Wildman–Crippen MR) is 158 cm³/mol. The van der Waals surface area contributed by atoms with Gasteiger partial charge in [0, 0.05) is 25.6 Å². The highest BCUT2D eigenvalue weighted by Gasteiger charge is 2.58. The summed E-state index contributed by atoms with van der Waals surface area (Å²) in [5.41, 5.74) is 0.503. The van der Waals surface area contributed by atoms with Crippen molar-refractivity contribution in [2.24, 2.45) is 5.92 Å². The fourth-order valence-corrected chi connectivity index (χ4v) is 6.44. The number of carboxylic acid groups (broad SMARTS) is 1. The van der Waals surface area contributed by atoms with Gasteiger partial charge in [0.25, 0.3) is 0 Å². The number of allylic oxidation sites excluding steroid dienone is 1. The van der Waals surface area contributed by atoms with Gasteiger partial charge < -0.3 is 39.4 Å². The van der Waals surface area contributed by atoms with E-state index in [1.54, 1.807) is 17.9 Å². The van der Waals surface area contributed by atoms with Crippen LogP contribution in [-0.4, -0.2) is 101 Å². The van der Waals surface area contributed by atoms with Crippen molar-refractivity contribution in [3.05, 3.63) is 23.8 Å². The van der Waals surface area contributed by atoms with Gasteiger partial charge in [0.2, 0.25) is 5.91 Å². The van der Waals surface area contributed by atoms with Crippen LogP contribution in [0, 0.1) is 5.92 Å². The third-order valence-corrected chi connectivity index (χ3v) is 9.23. The summed E-state index contributed by atoms with van der Waals surface area (Å²) in [5, 5.41) is 23.0. The van der Waals surface area contributed by atoms with Gasteiger partial charge in [-0.1, -0.05) is 18.6 Å². The van der Waals surface area contributed by atoms with Crippen LogP contribution < -0.4 is 5.32 Å². The van der Waals surface area contributed by atoms with Crippen molar-refractivity contribution in [1.29, 1.82) is 0 Å². The molecule has 4 aliphatic rings. The molecule has 1 unspecified atom stereocenters. The van der Waals surface area contributed by atoms with E-state index in [1.807, 2.05) is 13.8 Å². The molecule has 11 nitrogen and oxygen atoms in total. The maximum Gasteiger partial charge on any atom is 0.410 e. The second-order valence-electron chi connectivity index (χ2n) is 12.9. The Bertz CT molecular complexity index is 1040. The second-order valence-corrected chi connectivity index (χ2v) is 12.9. The van der Waals surface area contributed by atoms with Crippen LogP contribution in [-0.2, 0) is 28.5 Å². The number of hydrogen-bond donors (Lipinski definition) is 3. The lowest BCUT2D eigenvalue weighted by Crippen LogP contribution is -2.51. The molecule has 0 aromatic rings. The summed E-state index contributed by atoms with van der Waals surface area (Å²) >= 11 is 0. The summed E-state index contributed by atoms with van der Waals surface area (Å²) in [5.74, 6) is -0.925. The van der Waals surface area contributed by atoms with Crippen molar-refractivity contribution >= 4 is 18.0 Å². The number of ether oxygens (including phenoxy) is 4. The van der Waals surface area contributed by atoms with Crippen molar-refractivity contribution < 1.29 is 43.5 Å². The van der Waals surface area contributed by atoms with E-state index in [2.05, 4.69) is 18.3 Å². The first-order valence-corrected chi connectivity index (χ1v) is 15.9. The predicted octanol–water partition coefficient (Wildman–Crippen LogP) is 3.73. The van der Waals surface area contributed by atoms with Gasteiger partial charge in [-0.2, -0.15) is 0 Å². The number of aliphatic hydroxyl groups excluding tert-OH is 1. The normalized spacial score (nSPS) is 35.5. The monoisotopic (exact) mass is 606 g/mol. The molecule has 3 N–H and O–H groups in total. The zero-order chi connectivity index (χ0) is 31.1. The van der Waals surface area contributed by atoms with E-state index < -0.39 is 36.0 Å². The Kier molecular flexibility index (Phi) is 11.7. The summed E-state index contributed by atoms with van der Waals surface area (Å²) < 4.78 is 23.3. The number of hydrogen-bond acceptors (Lipinski definition) is 8. The largest absolute Gasteiger partial charge is 0.481 e. The minimum Gasteiger partial charge on any atom is -0.481 e. The van der Waals surface area contributed by atoms with Crippen molar-refractivity contribution in [2.75, 3.05) is 19.7 Å². The molecular formula is C32H50N2O9. The number of aliphatic hydroxyl groups is 1.